The van der Waals surface area contributed by atoms with Gasteiger partial charge in [0.1, 0.15) is 16.5 Å². The molecule has 162 valence electrons. The summed E-state index contributed by atoms with van der Waals surface area (Å²) < 4.78 is 0. The summed E-state index contributed by atoms with van der Waals surface area (Å²) in [6.45, 7) is 7.65. The molecule has 7 nitrogen and oxygen atoms in total. The van der Waals surface area contributed by atoms with Crippen LogP contribution in [0.1, 0.15) is 42.5 Å². The lowest BCUT2D eigenvalue weighted by atomic mass is 9.89. The van der Waals surface area contributed by atoms with Gasteiger partial charge in [0.15, 0.2) is 0 Å². The average molecular weight is 429 g/mol. The Balaban J connectivity index is 1.15. The number of rotatable bonds is 6. The Bertz CT molecular complexity index is 931. The molecule has 1 aliphatic heterocycles. The fraction of sp³-hybridized carbons (Fsp3) is 0.682. The van der Waals surface area contributed by atoms with E-state index in [1.807, 2.05) is 11.3 Å². The first-order valence-electron chi connectivity index (χ1n) is 11.4. The first kappa shape index (κ1) is 20.2. The van der Waals surface area contributed by atoms with Crippen LogP contribution in [0.3, 0.4) is 0 Å². The summed E-state index contributed by atoms with van der Waals surface area (Å²) in [5, 5.41) is 4.19. The van der Waals surface area contributed by atoms with Crippen LogP contribution in [-0.4, -0.2) is 71.0 Å². The number of fused-ring (bicyclic) bond motifs is 3. The molecule has 0 radical (unpaired) electrons. The largest absolute Gasteiger partial charge is 0.383 e. The molecule has 2 aromatic heterocycles. The normalized spacial score (nSPS) is 22.9. The number of nitrogens with two attached hydrogens (primary N) is 1. The molecule has 1 unspecified atom stereocenters. The Kier molecular flexibility index (Phi) is 5.64. The van der Waals surface area contributed by atoms with E-state index in [0.717, 1.165) is 86.8 Å². The molecule has 3 aliphatic rings. The molecule has 1 amide bonds. The quantitative estimate of drug-likeness (QED) is 0.730. The molecule has 8 heteroatoms. The summed E-state index contributed by atoms with van der Waals surface area (Å²) >= 11 is 1.82. The molecule has 0 bridgehead atoms. The minimum atomic E-state index is 0.177. The van der Waals surface area contributed by atoms with Crippen molar-refractivity contribution in [2.45, 2.75) is 51.5 Å². The van der Waals surface area contributed by atoms with E-state index in [1.54, 1.807) is 0 Å². The Morgan fingerprint density at radius 3 is 2.70 bits per heavy atom. The van der Waals surface area contributed by atoms with Crippen molar-refractivity contribution < 1.29 is 4.79 Å². The molecule has 5 rings (SSSR count). The number of piperazine rings is 1. The van der Waals surface area contributed by atoms with Crippen molar-refractivity contribution >= 4 is 33.3 Å². The molecule has 0 spiro atoms. The molecular formula is C22H32N6OS. The molecule has 30 heavy (non-hydrogen) atoms. The number of anilines is 1. The third kappa shape index (κ3) is 4.45. The summed E-state index contributed by atoms with van der Waals surface area (Å²) in [5.41, 5.74) is 7.77. The highest BCUT2D eigenvalue weighted by Crippen LogP contribution is 2.39. The van der Waals surface area contributed by atoms with Crippen LogP contribution in [0.5, 0.6) is 0 Å². The Hall–Kier alpha value is -1.77. The van der Waals surface area contributed by atoms with E-state index >= 15 is 0 Å². The lowest BCUT2D eigenvalue weighted by Gasteiger charge is -2.34. The second kappa shape index (κ2) is 8.40. The zero-order valence-corrected chi connectivity index (χ0v) is 18.6. The van der Waals surface area contributed by atoms with Crippen LogP contribution >= 0.6 is 11.3 Å². The number of nitrogens with zero attached hydrogens (tertiary/aromatic N) is 4. The summed E-state index contributed by atoms with van der Waals surface area (Å²) in [6, 6.07) is 0.445. The van der Waals surface area contributed by atoms with E-state index in [9.17, 15) is 4.79 Å². The second-order valence-electron chi connectivity index (χ2n) is 9.27. The molecule has 3 heterocycles. The van der Waals surface area contributed by atoms with Gasteiger partial charge in [0.2, 0.25) is 5.91 Å². The third-order valence-electron chi connectivity index (χ3n) is 6.66. The van der Waals surface area contributed by atoms with Gasteiger partial charge in [-0.3, -0.25) is 9.69 Å². The summed E-state index contributed by atoms with van der Waals surface area (Å²) in [4.78, 5) is 28.8. The van der Waals surface area contributed by atoms with Gasteiger partial charge < -0.3 is 16.0 Å². The van der Waals surface area contributed by atoms with Crippen LogP contribution in [0.4, 0.5) is 5.82 Å². The predicted octanol–water partition coefficient (Wildman–Crippen LogP) is 1.84. The van der Waals surface area contributed by atoms with E-state index < -0.39 is 0 Å². The fourth-order valence-corrected chi connectivity index (χ4v) is 6.07. The van der Waals surface area contributed by atoms with Crippen LogP contribution in [0, 0.1) is 5.92 Å². The predicted molar refractivity (Wildman–Crippen MR) is 121 cm³/mol. The van der Waals surface area contributed by atoms with Crippen LogP contribution < -0.4 is 11.1 Å². The maximum Gasteiger partial charge on any atom is 0.234 e. The van der Waals surface area contributed by atoms with Crippen molar-refractivity contribution in [3.05, 3.63) is 16.3 Å². The van der Waals surface area contributed by atoms with Gasteiger partial charge in [0.05, 0.1) is 11.9 Å². The van der Waals surface area contributed by atoms with Crippen molar-refractivity contribution in [1.29, 1.82) is 0 Å². The highest BCUT2D eigenvalue weighted by Gasteiger charge is 2.26. The second-order valence-corrected chi connectivity index (χ2v) is 10.4. The number of carbonyl (C=O) groups excluding carboxylic acids is 1. The molecule has 1 atom stereocenters. The number of nitrogens with one attached hydrogen (secondary N) is 1. The molecule has 1 saturated carbocycles. The third-order valence-corrected chi connectivity index (χ3v) is 7.80. The summed E-state index contributed by atoms with van der Waals surface area (Å²) in [7, 11) is 0. The minimum absolute atomic E-state index is 0.177. The Morgan fingerprint density at radius 1 is 1.17 bits per heavy atom. The van der Waals surface area contributed by atoms with Crippen molar-refractivity contribution in [2.24, 2.45) is 5.92 Å². The molecule has 2 fully saturated rings. The first-order valence-corrected chi connectivity index (χ1v) is 12.2. The average Bonchev–Trinajstić information content (AvgIpc) is 3.44. The van der Waals surface area contributed by atoms with Gasteiger partial charge in [-0.25, -0.2) is 9.97 Å². The van der Waals surface area contributed by atoms with Crippen molar-refractivity contribution in [3.63, 3.8) is 0 Å². The van der Waals surface area contributed by atoms with Gasteiger partial charge in [-0.2, -0.15) is 0 Å². The smallest absolute Gasteiger partial charge is 0.234 e. The molecule has 2 aromatic rings. The van der Waals surface area contributed by atoms with Gasteiger partial charge in [-0.05, 0) is 43.6 Å². The number of hydrogen-bond acceptors (Lipinski definition) is 7. The number of nitrogen functional groups attached to an aromatic ring is 1. The summed E-state index contributed by atoms with van der Waals surface area (Å²) in [5.74, 6) is 2.44. The van der Waals surface area contributed by atoms with Crippen molar-refractivity contribution in [3.8, 4) is 0 Å². The number of carbonyl (C=O) groups is 1. The van der Waals surface area contributed by atoms with E-state index in [1.165, 1.54) is 16.9 Å². The van der Waals surface area contributed by atoms with Gasteiger partial charge in [-0.15, -0.1) is 11.3 Å². The Labute approximate surface area is 182 Å². The minimum Gasteiger partial charge on any atom is -0.383 e. The first-order chi connectivity index (χ1) is 14.5. The van der Waals surface area contributed by atoms with Gasteiger partial charge in [0, 0.05) is 50.1 Å². The molecule has 2 aliphatic carbocycles. The van der Waals surface area contributed by atoms with Crippen LogP contribution in [0.25, 0.3) is 10.2 Å². The van der Waals surface area contributed by atoms with E-state index in [4.69, 9.17) is 10.7 Å². The van der Waals surface area contributed by atoms with E-state index in [2.05, 4.69) is 27.0 Å². The van der Waals surface area contributed by atoms with Gasteiger partial charge >= 0.3 is 0 Å². The molecule has 3 N–H and O–H groups in total. The van der Waals surface area contributed by atoms with Crippen LogP contribution in [0.2, 0.25) is 0 Å². The fourth-order valence-electron chi connectivity index (χ4n) is 4.66. The molecular weight excluding hydrogens is 396 g/mol. The van der Waals surface area contributed by atoms with Crippen LogP contribution in [0.15, 0.2) is 0 Å². The number of thiophene rings is 1. The topological polar surface area (TPSA) is 87.4 Å². The van der Waals surface area contributed by atoms with Crippen molar-refractivity contribution in [1.82, 2.24) is 25.1 Å². The van der Waals surface area contributed by atoms with Gasteiger partial charge in [0.25, 0.3) is 0 Å². The maximum atomic E-state index is 12.0. The molecule has 1 saturated heterocycles. The zero-order chi connectivity index (χ0) is 20.7. The number of aryl methyl sites for hydroxylation is 1. The van der Waals surface area contributed by atoms with E-state index in [0.29, 0.717) is 18.4 Å². The summed E-state index contributed by atoms with van der Waals surface area (Å²) in [6.07, 6.45) is 6.59. The zero-order valence-electron chi connectivity index (χ0n) is 17.8. The SMILES string of the molecule is CC1CCc2c(sc3nc(CCN4CCN(CC(=O)NC5CC5)CC4)nc(N)c23)C1. The van der Waals surface area contributed by atoms with Gasteiger partial charge in [-0.1, -0.05) is 6.92 Å². The standard InChI is InChI=1S/C22H32N6OS/c1-14-2-5-16-17(12-14)30-22-20(16)21(23)25-18(26-22)6-7-27-8-10-28(11-9-27)13-19(29)24-15-3-4-15/h14-15H,2-13H2,1H3,(H,24,29)(H2,23,25,26). The lowest BCUT2D eigenvalue weighted by Crippen LogP contribution is -2.50. The Morgan fingerprint density at radius 2 is 1.93 bits per heavy atom. The number of hydrogen-bond donors (Lipinski definition) is 2. The maximum absolute atomic E-state index is 12.0. The number of amides is 1. The highest BCUT2D eigenvalue weighted by atomic mass is 32.1. The molecule has 0 aromatic carbocycles. The monoisotopic (exact) mass is 428 g/mol. The lowest BCUT2D eigenvalue weighted by molar-refractivity contribution is -0.122. The highest BCUT2D eigenvalue weighted by molar-refractivity contribution is 7.19. The van der Waals surface area contributed by atoms with Crippen LogP contribution in [-0.2, 0) is 24.1 Å². The van der Waals surface area contributed by atoms with E-state index in [-0.39, 0.29) is 5.91 Å². The van der Waals surface area contributed by atoms with Crippen molar-refractivity contribution in [2.75, 3.05) is 45.0 Å². The number of aromatic nitrogens is 2.